The van der Waals surface area contributed by atoms with Crippen molar-refractivity contribution in [3.8, 4) is 0 Å². The van der Waals surface area contributed by atoms with E-state index in [-0.39, 0.29) is 30.3 Å². The molecule has 0 unspecified atom stereocenters. The Bertz CT molecular complexity index is 661. The van der Waals surface area contributed by atoms with Crippen LogP contribution in [0, 0.1) is 13.8 Å². The number of piperazine rings is 1. The summed E-state index contributed by atoms with van der Waals surface area (Å²) in [6.45, 7) is 9.74. The smallest absolute Gasteiger partial charge is 0.243 e. The fraction of sp³-hybridized carbons (Fsp3) is 0.526. The molecule has 26 heavy (non-hydrogen) atoms. The number of nitrogens with zero attached hydrogens (tertiary/aromatic N) is 2. The van der Waals surface area contributed by atoms with Crippen molar-refractivity contribution in [2.24, 2.45) is 0 Å². The van der Waals surface area contributed by atoms with Gasteiger partial charge in [-0.1, -0.05) is 18.2 Å². The van der Waals surface area contributed by atoms with E-state index in [9.17, 15) is 14.4 Å². The lowest BCUT2D eigenvalue weighted by molar-refractivity contribution is -0.132. The zero-order valence-electron chi connectivity index (χ0n) is 16.0. The van der Waals surface area contributed by atoms with E-state index in [0.29, 0.717) is 26.2 Å². The number of hydrogen-bond donors (Lipinski definition) is 2. The molecule has 0 aromatic heterocycles. The van der Waals surface area contributed by atoms with Crippen LogP contribution in [0.15, 0.2) is 18.2 Å². The molecule has 142 valence electrons. The molecule has 0 radical (unpaired) electrons. The zero-order chi connectivity index (χ0) is 19.3. The van der Waals surface area contributed by atoms with E-state index < -0.39 is 0 Å². The average molecular weight is 360 g/mol. The highest BCUT2D eigenvalue weighted by molar-refractivity contribution is 5.96. The minimum atomic E-state index is -0.336. The maximum Gasteiger partial charge on any atom is 0.243 e. The van der Waals surface area contributed by atoms with Crippen LogP contribution in [0.5, 0.6) is 0 Å². The van der Waals surface area contributed by atoms with Gasteiger partial charge >= 0.3 is 0 Å². The number of benzene rings is 1. The summed E-state index contributed by atoms with van der Waals surface area (Å²) in [7, 11) is 0. The Labute approximate surface area is 154 Å². The van der Waals surface area contributed by atoms with Gasteiger partial charge < -0.3 is 15.5 Å². The predicted octanol–water partition coefficient (Wildman–Crippen LogP) is 0.911. The van der Waals surface area contributed by atoms with Crippen LogP contribution in [0.1, 0.15) is 25.0 Å². The van der Waals surface area contributed by atoms with Gasteiger partial charge in [0.15, 0.2) is 0 Å². The van der Waals surface area contributed by atoms with E-state index in [1.165, 1.54) is 0 Å². The normalized spacial score (nSPS) is 16.1. The van der Waals surface area contributed by atoms with E-state index in [2.05, 4.69) is 10.6 Å². The molecule has 2 N–H and O–H groups in total. The van der Waals surface area contributed by atoms with E-state index in [1.807, 2.05) is 43.9 Å². The van der Waals surface area contributed by atoms with Gasteiger partial charge in [-0.05, 0) is 31.9 Å². The number of carbonyl (C=O) groups is 3. The van der Waals surface area contributed by atoms with Crippen molar-refractivity contribution >= 4 is 23.4 Å². The van der Waals surface area contributed by atoms with Crippen molar-refractivity contribution in [3.63, 3.8) is 0 Å². The summed E-state index contributed by atoms with van der Waals surface area (Å²) in [5.41, 5.74) is 2.77. The van der Waals surface area contributed by atoms with Crippen LogP contribution in [-0.2, 0) is 14.4 Å². The maximum atomic E-state index is 12.3. The van der Waals surface area contributed by atoms with E-state index in [0.717, 1.165) is 16.8 Å². The number of anilines is 1. The van der Waals surface area contributed by atoms with Crippen molar-refractivity contribution in [2.45, 2.75) is 33.7 Å². The van der Waals surface area contributed by atoms with Crippen LogP contribution in [0.25, 0.3) is 0 Å². The molecule has 7 nitrogen and oxygen atoms in total. The largest absolute Gasteiger partial charge is 0.346 e. The summed E-state index contributed by atoms with van der Waals surface area (Å²) in [4.78, 5) is 39.7. The highest BCUT2D eigenvalue weighted by Crippen LogP contribution is 2.19. The summed E-state index contributed by atoms with van der Waals surface area (Å²) < 4.78 is 0. The van der Waals surface area contributed by atoms with E-state index >= 15 is 0 Å². The molecule has 3 amide bonds. The Balaban J connectivity index is 1.80. The highest BCUT2D eigenvalue weighted by Gasteiger charge is 2.26. The van der Waals surface area contributed by atoms with Gasteiger partial charge in [-0.15, -0.1) is 0 Å². The fourth-order valence-electron chi connectivity index (χ4n) is 3.10. The molecular weight excluding hydrogens is 332 g/mol. The van der Waals surface area contributed by atoms with Crippen LogP contribution >= 0.6 is 0 Å². The molecular formula is C19H28N4O3. The van der Waals surface area contributed by atoms with E-state index in [1.54, 1.807) is 11.8 Å². The van der Waals surface area contributed by atoms with Crippen molar-refractivity contribution in [1.82, 2.24) is 15.1 Å². The van der Waals surface area contributed by atoms with Gasteiger partial charge in [0.25, 0.3) is 0 Å². The number of aryl methyl sites for hydroxylation is 2. The molecule has 1 aromatic rings. The molecule has 1 aliphatic rings. The van der Waals surface area contributed by atoms with Crippen molar-refractivity contribution in [1.29, 1.82) is 0 Å². The Morgan fingerprint density at radius 1 is 1.08 bits per heavy atom. The molecule has 7 heteroatoms. The third-order valence-corrected chi connectivity index (χ3v) is 4.86. The van der Waals surface area contributed by atoms with Crippen LogP contribution in [0.4, 0.5) is 5.69 Å². The Hall–Kier alpha value is -2.41. The lowest BCUT2D eigenvalue weighted by Gasteiger charge is -2.37. The standard InChI is InChI=1S/C19H28N4O3/c1-13-6-5-7-14(2)18(13)21-17(25)12-20-19(26)15(3)22-8-10-23(11-9-22)16(4)24/h5-7,15H,8-12H2,1-4H3,(H,20,26)(H,21,25)/t15-/m1/s1. The number of amides is 3. The average Bonchev–Trinajstić information content (AvgIpc) is 2.62. The summed E-state index contributed by atoms with van der Waals surface area (Å²) in [5, 5.41) is 5.56. The summed E-state index contributed by atoms with van der Waals surface area (Å²) >= 11 is 0. The van der Waals surface area contributed by atoms with Crippen LogP contribution in [-0.4, -0.2) is 66.3 Å². The molecule has 1 aromatic carbocycles. The molecule has 0 aliphatic carbocycles. The quantitative estimate of drug-likeness (QED) is 0.818. The third-order valence-electron chi connectivity index (χ3n) is 4.86. The van der Waals surface area contributed by atoms with E-state index in [4.69, 9.17) is 0 Å². The van der Waals surface area contributed by atoms with Gasteiger partial charge in [-0.2, -0.15) is 0 Å². The number of rotatable bonds is 5. The maximum absolute atomic E-state index is 12.3. The minimum absolute atomic E-state index is 0.0601. The van der Waals surface area contributed by atoms with Crippen LogP contribution in [0.3, 0.4) is 0 Å². The third kappa shape index (κ3) is 5.05. The Morgan fingerprint density at radius 3 is 2.19 bits per heavy atom. The lowest BCUT2D eigenvalue weighted by atomic mass is 10.1. The number of para-hydroxylation sites is 1. The lowest BCUT2D eigenvalue weighted by Crippen LogP contribution is -2.55. The molecule has 0 saturated carbocycles. The predicted molar refractivity (Wildman–Crippen MR) is 101 cm³/mol. The first kappa shape index (κ1) is 19.9. The molecule has 0 bridgehead atoms. The van der Waals surface area contributed by atoms with Crippen LogP contribution < -0.4 is 10.6 Å². The number of hydrogen-bond acceptors (Lipinski definition) is 4. The first-order valence-corrected chi connectivity index (χ1v) is 8.93. The molecule has 1 saturated heterocycles. The topological polar surface area (TPSA) is 81.8 Å². The van der Waals surface area contributed by atoms with Gasteiger partial charge in [0, 0.05) is 38.8 Å². The van der Waals surface area contributed by atoms with Gasteiger partial charge in [0.2, 0.25) is 17.7 Å². The molecule has 1 aliphatic heterocycles. The zero-order valence-corrected chi connectivity index (χ0v) is 16.0. The molecule has 1 heterocycles. The van der Waals surface area contributed by atoms with Gasteiger partial charge in [-0.3, -0.25) is 19.3 Å². The highest BCUT2D eigenvalue weighted by atomic mass is 16.2. The molecule has 1 atom stereocenters. The number of nitrogens with one attached hydrogen (secondary N) is 2. The molecule has 2 rings (SSSR count). The summed E-state index contributed by atoms with van der Waals surface area (Å²) in [6.07, 6.45) is 0. The van der Waals surface area contributed by atoms with Crippen LogP contribution in [0.2, 0.25) is 0 Å². The van der Waals surface area contributed by atoms with Gasteiger partial charge in [0.1, 0.15) is 0 Å². The second-order valence-corrected chi connectivity index (χ2v) is 6.75. The fourth-order valence-corrected chi connectivity index (χ4v) is 3.10. The second-order valence-electron chi connectivity index (χ2n) is 6.75. The van der Waals surface area contributed by atoms with Gasteiger partial charge in [0.05, 0.1) is 12.6 Å². The first-order chi connectivity index (χ1) is 12.3. The van der Waals surface area contributed by atoms with Crippen molar-refractivity contribution < 1.29 is 14.4 Å². The first-order valence-electron chi connectivity index (χ1n) is 8.93. The molecule has 0 spiro atoms. The van der Waals surface area contributed by atoms with Crippen molar-refractivity contribution in [2.75, 3.05) is 38.0 Å². The van der Waals surface area contributed by atoms with Crippen molar-refractivity contribution in [3.05, 3.63) is 29.3 Å². The SMILES string of the molecule is CC(=O)N1CCN([C@H](C)C(=O)NCC(=O)Nc2c(C)cccc2C)CC1. The monoisotopic (exact) mass is 360 g/mol. The number of carbonyl (C=O) groups excluding carboxylic acids is 3. The Morgan fingerprint density at radius 2 is 1.65 bits per heavy atom. The minimum Gasteiger partial charge on any atom is -0.346 e. The second kappa shape index (κ2) is 8.80. The Kier molecular flexibility index (Phi) is 6.74. The summed E-state index contributed by atoms with van der Waals surface area (Å²) in [6, 6.07) is 5.47. The summed E-state index contributed by atoms with van der Waals surface area (Å²) in [5.74, 6) is -0.368. The molecule has 1 fully saturated rings. The van der Waals surface area contributed by atoms with Gasteiger partial charge in [-0.25, -0.2) is 0 Å².